The van der Waals surface area contributed by atoms with Gasteiger partial charge in [-0.15, -0.1) is 0 Å². The predicted molar refractivity (Wildman–Crippen MR) is 79.4 cm³/mol. The smallest absolute Gasteiger partial charge is 0.162 e. The zero-order chi connectivity index (χ0) is 14.5. The van der Waals surface area contributed by atoms with E-state index in [1.807, 2.05) is 13.1 Å². The van der Waals surface area contributed by atoms with Crippen LogP contribution in [0.5, 0.6) is 0 Å². The van der Waals surface area contributed by atoms with Crippen LogP contribution in [0.4, 0.5) is 5.82 Å². The molecule has 0 saturated heterocycles. The molecule has 108 valence electrons. The first-order chi connectivity index (χ1) is 9.01. The van der Waals surface area contributed by atoms with Gasteiger partial charge in [0.05, 0.1) is 0 Å². The maximum Gasteiger partial charge on any atom is 0.162 e. The van der Waals surface area contributed by atoms with Crippen molar-refractivity contribution >= 4 is 5.82 Å². The maximum absolute atomic E-state index is 5.73. The molecule has 0 spiro atoms. The van der Waals surface area contributed by atoms with E-state index in [2.05, 4.69) is 38.0 Å². The van der Waals surface area contributed by atoms with E-state index in [0.717, 1.165) is 36.6 Å². The lowest BCUT2D eigenvalue weighted by Gasteiger charge is -2.29. The lowest BCUT2D eigenvalue weighted by molar-refractivity contribution is -0.0292. The molecule has 0 fully saturated rings. The Morgan fingerprint density at radius 2 is 1.89 bits per heavy atom. The van der Waals surface area contributed by atoms with Crippen LogP contribution in [0.25, 0.3) is 0 Å². The molecule has 1 N–H and O–H groups in total. The molecule has 0 aliphatic carbocycles. The summed E-state index contributed by atoms with van der Waals surface area (Å²) in [5.41, 5.74) is 0.700. The lowest BCUT2D eigenvalue weighted by atomic mass is 9.95. The monoisotopic (exact) mass is 265 g/mol. The first kappa shape index (κ1) is 15.9. The van der Waals surface area contributed by atoms with Crippen molar-refractivity contribution in [3.63, 3.8) is 0 Å². The molecular weight excluding hydrogens is 238 g/mol. The summed E-state index contributed by atoms with van der Waals surface area (Å²) in [7, 11) is 3.63. The van der Waals surface area contributed by atoms with E-state index in [9.17, 15) is 0 Å². The van der Waals surface area contributed by atoms with Gasteiger partial charge in [0.25, 0.3) is 0 Å². The van der Waals surface area contributed by atoms with Crippen LogP contribution < -0.4 is 5.32 Å². The number of hydrogen-bond donors (Lipinski definition) is 1. The van der Waals surface area contributed by atoms with E-state index in [0.29, 0.717) is 5.92 Å². The van der Waals surface area contributed by atoms with Gasteiger partial charge in [0.1, 0.15) is 11.4 Å². The van der Waals surface area contributed by atoms with Crippen molar-refractivity contribution in [2.45, 2.75) is 52.6 Å². The van der Waals surface area contributed by atoms with Gasteiger partial charge in [0.2, 0.25) is 0 Å². The molecule has 0 radical (unpaired) electrons. The Labute approximate surface area is 117 Å². The summed E-state index contributed by atoms with van der Waals surface area (Å²) in [6.45, 7) is 8.63. The van der Waals surface area contributed by atoms with Crippen molar-refractivity contribution in [3.05, 3.63) is 17.6 Å². The van der Waals surface area contributed by atoms with E-state index in [4.69, 9.17) is 9.72 Å². The molecule has 0 atom stereocenters. The Hall–Kier alpha value is -1.16. The van der Waals surface area contributed by atoms with Crippen molar-refractivity contribution < 1.29 is 4.74 Å². The molecule has 0 aliphatic heterocycles. The van der Waals surface area contributed by atoms with E-state index in [1.54, 1.807) is 7.11 Å². The minimum atomic E-state index is -0.376. The zero-order valence-electron chi connectivity index (χ0n) is 13.1. The Bertz CT molecular complexity index is 392. The highest BCUT2D eigenvalue weighted by Crippen LogP contribution is 2.30. The fourth-order valence-corrected chi connectivity index (χ4v) is 2.30. The molecule has 0 bridgehead atoms. The molecule has 0 saturated carbocycles. The van der Waals surface area contributed by atoms with Crippen LogP contribution in [-0.4, -0.2) is 24.1 Å². The van der Waals surface area contributed by atoms with E-state index >= 15 is 0 Å². The van der Waals surface area contributed by atoms with E-state index < -0.39 is 0 Å². The van der Waals surface area contributed by atoms with Crippen LogP contribution in [0.15, 0.2) is 6.07 Å². The van der Waals surface area contributed by atoms with Crippen LogP contribution in [0.1, 0.15) is 52.1 Å². The van der Waals surface area contributed by atoms with Crippen LogP contribution in [0, 0.1) is 5.92 Å². The van der Waals surface area contributed by atoms with Gasteiger partial charge in [-0.2, -0.15) is 0 Å². The van der Waals surface area contributed by atoms with Crippen molar-refractivity contribution in [3.8, 4) is 0 Å². The summed E-state index contributed by atoms with van der Waals surface area (Å²) < 4.78 is 5.73. The van der Waals surface area contributed by atoms with Crippen molar-refractivity contribution in [1.29, 1.82) is 0 Å². The molecular formula is C15H27N3O. The fraction of sp³-hybridized carbons (Fsp3) is 0.733. The number of nitrogens with one attached hydrogen (secondary N) is 1. The SMILES string of the molecule is CCC(CC)(OC)c1nc(CC(C)C)cc(NC)n1. The van der Waals surface area contributed by atoms with E-state index in [1.165, 1.54) is 0 Å². The molecule has 19 heavy (non-hydrogen) atoms. The third-order valence-electron chi connectivity index (χ3n) is 3.59. The van der Waals surface area contributed by atoms with E-state index in [-0.39, 0.29) is 5.60 Å². The fourth-order valence-electron chi connectivity index (χ4n) is 2.30. The number of anilines is 1. The quantitative estimate of drug-likeness (QED) is 0.821. The Morgan fingerprint density at radius 3 is 2.32 bits per heavy atom. The van der Waals surface area contributed by atoms with Crippen LogP contribution >= 0.6 is 0 Å². The van der Waals surface area contributed by atoms with Crippen molar-refractivity contribution in [2.24, 2.45) is 5.92 Å². The first-order valence-electron chi connectivity index (χ1n) is 7.12. The number of aromatic nitrogens is 2. The van der Waals surface area contributed by atoms with Gasteiger partial charge >= 0.3 is 0 Å². The molecule has 1 aromatic heterocycles. The molecule has 0 unspecified atom stereocenters. The van der Waals surface area contributed by atoms with Crippen LogP contribution in [0.2, 0.25) is 0 Å². The van der Waals surface area contributed by atoms with Gasteiger partial charge < -0.3 is 10.1 Å². The molecule has 0 aliphatic rings. The summed E-state index contributed by atoms with van der Waals surface area (Å²) in [5.74, 6) is 2.24. The number of methoxy groups -OCH3 is 1. The minimum Gasteiger partial charge on any atom is -0.373 e. The van der Waals surface area contributed by atoms with Gasteiger partial charge in [-0.3, -0.25) is 0 Å². The Balaban J connectivity index is 3.25. The van der Waals surface area contributed by atoms with Crippen molar-refractivity contribution in [2.75, 3.05) is 19.5 Å². The number of ether oxygens (including phenoxy) is 1. The van der Waals surface area contributed by atoms with Gasteiger partial charge in [-0.05, 0) is 25.2 Å². The summed E-state index contributed by atoms with van der Waals surface area (Å²) in [5, 5.41) is 3.12. The summed E-state index contributed by atoms with van der Waals surface area (Å²) in [6.07, 6.45) is 2.69. The second-order valence-corrected chi connectivity index (χ2v) is 5.32. The van der Waals surface area contributed by atoms with Gasteiger partial charge in [0, 0.05) is 25.9 Å². The predicted octanol–water partition coefficient (Wildman–Crippen LogP) is 3.38. The average Bonchev–Trinajstić information content (AvgIpc) is 2.40. The topological polar surface area (TPSA) is 47.0 Å². The Morgan fingerprint density at radius 1 is 1.26 bits per heavy atom. The largest absolute Gasteiger partial charge is 0.373 e. The third kappa shape index (κ3) is 3.66. The molecule has 0 amide bonds. The maximum atomic E-state index is 5.73. The van der Waals surface area contributed by atoms with Gasteiger partial charge in [0.15, 0.2) is 5.82 Å². The van der Waals surface area contributed by atoms with Crippen LogP contribution in [-0.2, 0) is 16.8 Å². The summed E-state index contributed by atoms with van der Waals surface area (Å²) in [4.78, 5) is 9.33. The molecule has 1 rings (SSSR count). The van der Waals surface area contributed by atoms with Gasteiger partial charge in [-0.1, -0.05) is 27.7 Å². The number of hydrogen-bond acceptors (Lipinski definition) is 4. The number of nitrogens with zero attached hydrogens (tertiary/aromatic N) is 2. The second-order valence-electron chi connectivity index (χ2n) is 5.32. The minimum absolute atomic E-state index is 0.376. The number of rotatable bonds is 7. The first-order valence-corrected chi connectivity index (χ1v) is 7.12. The molecule has 1 aromatic rings. The highest BCUT2D eigenvalue weighted by Gasteiger charge is 2.32. The second kappa shape index (κ2) is 6.85. The highest BCUT2D eigenvalue weighted by atomic mass is 16.5. The lowest BCUT2D eigenvalue weighted by Crippen LogP contribution is -2.30. The molecule has 4 nitrogen and oxygen atoms in total. The summed E-state index contributed by atoms with van der Waals surface area (Å²) in [6, 6.07) is 2.02. The molecule has 1 heterocycles. The van der Waals surface area contributed by atoms with Gasteiger partial charge in [-0.25, -0.2) is 9.97 Å². The molecule has 4 heteroatoms. The highest BCUT2D eigenvalue weighted by molar-refractivity contribution is 5.36. The molecule has 0 aromatic carbocycles. The Kier molecular flexibility index (Phi) is 5.73. The standard InChI is InChI=1S/C15H27N3O/c1-7-15(8-2,19-6)14-17-12(9-11(3)4)10-13(16-5)18-14/h10-11H,7-9H2,1-6H3,(H,16,17,18). The van der Waals surface area contributed by atoms with Crippen LogP contribution in [0.3, 0.4) is 0 Å². The third-order valence-corrected chi connectivity index (χ3v) is 3.59. The summed E-state index contributed by atoms with van der Waals surface area (Å²) >= 11 is 0. The zero-order valence-corrected chi connectivity index (χ0v) is 13.1. The average molecular weight is 265 g/mol. The van der Waals surface area contributed by atoms with Crippen molar-refractivity contribution in [1.82, 2.24) is 9.97 Å². The normalized spacial score (nSPS) is 11.9.